The lowest BCUT2D eigenvalue weighted by molar-refractivity contribution is 0.279. The zero-order valence-corrected chi connectivity index (χ0v) is 11.9. The van der Waals surface area contributed by atoms with E-state index in [-0.39, 0.29) is 6.61 Å². The number of hydrogen-bond acceptors (Lipinski definition) is 3. The number of rotatable bonds is 4. The van der Waals surface area contributed by atoms with Crippen LogP contribution in [-0.4, -0.2) is 24.3 Å². The van der Waals surface area contributed by atoms with Crippen LogP contribution in [0.2, 0.25) is 0 Å². The molecule has 4 heteroatoms. The largest absolute Gasteiger partial charge is 0.396 e. The van der Waals surface area contributed by atoms with Gasteiger partial charge in [-0.2, -0.15) is 5.26 Å². The van der Waals surface area contributed by atoms with E-state index in [1.807, 2.05) is 18.2 Å². The average molecular weight is 309 g/mol. The smallest absolute Gasteiger partial charge is 0.101 e. The maximum Gasteiger partial charge on any atom is 0.101 e. The summed E-state index contributed by atoms with van der Waals surface area (Å²) >= 11 is 3.40. The number of halogens is 1. The lowest BCUT2D eigenvalue weighted by atomic mass is 10.1. The SMILES string of the molecule is N#Cc1cc(Br)ccc1N1CCCC1CCCO. The molecule has 1 aliphatic heterocycles. The van der Waals surface area contributed by atoms with Crippen LogP contribution in [-0.2, 0) is 0 Å². The topological polar surface area (TPSA) is 47.3 Å². The highest BCUT2D eigenvalue weighted by molar-refractivity contribution is 9.10. The van der Waals surface area contributed by atoms with E-state index in [0.29, 0.717) is 6.04 Å². The summed E-state index contributed by atoms with van der Waals surface area (Å²) < 4.78 is 0.939. The van der Waals surface area contributed by atoms with Crippen LogP contribution in [0.3, 0.4) is 0 Å². The summed E-state index contributed by atoms with van der Waals surface area (Å²) in [6.45, 7) is 1.25. The lowest BCUT2D eigenvalue weighted by Crippen LogP contribution is -2.30. The highest BCUT2D eigenvalue weighted by Crippen LogP contribution is 2.31. The molecule has 18 heavy (non-hydrogen) atoms. The molecule has 0 aliphatic carbocycles. The average Bonchev–Trinajstić information content (AvgIpc) is 2.84. The van der Waals surface area contributed by atoms with Crippen LogP contribution in [0.4, 0.5) is 5.69 Å². The molecule has 0 spiro atoms. The van der Waals surface area contributed by atoms with Crippen molar-refractivity contribution in [2.75, 3.05) is 18.1 Å². The molecule has 1 fully saturated rings. The molecule has 1 heterocycles. The van der Waals surface area contributed by atoms with Gasteiger partial charge in [0.1, 0.15) is 6.07 Å². The van der Waals surface area contributed by atoms with Gasteiger partial charge in [0.2, 0.25) is 0 Å². The van der Waals surface area contributed by atoms with Gasteiger partial charge in [0, 0.05) is 23.7 Å². The Labute approximate surface area is 116 Å². The van der Waals surface area contributed by atoms with Crippen LogP contribution >= 0.6 is 15.9 Å². The van der Waals surface area contributed by atoms with E-state index < -0.39 is 0 Å². The first-order chi connectivity index (χ1) is 8.76. The Morgan fingerprint density at radius 1 is 1.50 bits per heavy atom. The summed E-state index contributed by atoms with van der Waals surface area (Å²) in [7, 11) is 0. The maximum absolute atomic E-state index is 9.23. The standard InChI is InChI=1S/C14H17BrN2O/c15-12-5-6-14(11(9-12)10-16)17-7-1-3-13(17)4-2-8-18/h5-6,9,13,18H,1-4,7-8H2. The van der Waals surface area contributed by atoms with E-state index in [4.69, 9.17) is 5.11 Å². The second-order valence-corrected chi connectivity index (χ2v) is 5.54. The highest BCUT2D eigenvalue weighted by atomic mass is 79.9. The van der Waals surface area contributed by atoms with Gasteiger partial charge in [0.25, 0.3) is 0 Å². The Bertz CT molecular complexity index is 456. The molecule has 0 saturated carbocycles. The molecule has 0 bridgehead atoms. The van der Waals surface area contributed by atoms with Crippen LogP contribution in [0.5, 0.6) is 0 Å². The molecule has 0 amide bonds. The molecule has 96 valence electrons. The van der Waals surface area contributed by atoms with Crippen molar-refractivity contribution >= 4 is 21.6 Å². The normalized spacial score (nSPS) is 18.9. The fourth-order valence-corrected chi connectivity index (χ4v) is 2.99. The minimum Gasteiger partial charge on any atom is -0.396 e. The number of nitriles is 1. The minimum atomic E-state index is 0.246. The molecule has 1 atom stereocenters. The van der Waals surface area contributed by atoms with Crippen molar-refractivity contribution in [2.45, 2.75) is 31.7 Å². The maximum atomic E-state index is 9.23. The molecule has 1 aromatic carbocycles. The van der Waals surface area contributed by atoms with Crippen molar-refractivity contribution in [3.63, 3.8) is 0 Å². The molecule has 1 unspecified atom stereocenters. The first kappa shape index (κ1) is 13.4. The van der Waals surface area contributed by atoms with Crippen molar-refractivity contribution < 1.29 is 5.11 Å². The van der Waals surface area contributed by atoms with Crippen molar-refractivity contribution in [3.05, 3.63) is 28.2 Å². The number of benzene rings is 1. The zero-order chi connectivity index (χ0) is 13.0. The molecule has 2 rings (SSSR count). The van der Waals surface area contributed by atoms with E-state index >= 15 is 0 Å². The summed E-state index contributed by atoms with van der Waals surface area (Å²) in [5.74, 6) is 0. The van der Waals surface area contributed by atoms with Crippen LogP contribution in [0.15, 0.2) is 22.7 Å². The van der Waals surface area contributed by atoms with Crippen LogP contribution in [0.1, 0.15) is 31.2 Å². The molecule has 0 aromatic heterocycles. The molecule has 1 aliphatic rings. The Morgan fingerprint density at radius 3 is 3.06 bits per heavy atom. The van der Waals surface area contributed by atoms with Crippen molar-refractivity contribution in [1.29, 1.82) is 5.26 Å². The minimum absolute atomic E-state index is 0.246. The van der Waals surface area contributed by atoms with Gasteiger partial charge < -0.3 is 10.0 Å². The number of hydrogen-bond donors (Lipinski definition) is 1. The molecule has 1 saturated heterocycles. The molecule has 0 radical (unpaired) electrons. The van der Waals surface area contributed by atoms with Gasteiger partial charge in [-0.25, -0.2) is 0 Å². The Kier molecular flexibility index (Phi) is 4.62. The van der Waals surface area contributed by atoms with Crippen LogP contribution < -0.4 is 4.90 Å². The highest BCUT2D eigenvalue weighted by Gasteiger charge is 2.25. The first-order valence-electron chi connectivity index (χ1n) is 6.33. The van der Waals surface area contributed by atoms with E-state index in [2.05, 4.69) is 26.9 Å². The second kappa shape index (κ2) is 6.21. The van der Waals surface area contributed by atoms with Gasteiger partial charge in [-0.3, -0.25) is 0 Å². The van der Waals surface area contributed by atoms with Gasteiger partial charge >= 0.3 is 0 Å². The van der Waals surface area contributed by atoms with Crippen molar-refractivity contribution in [2.24, 2.45) is 0 Å². The predicted octanol–water partition coefficient (Wildman–Crippen LogP) is 3.06. The van der Waals surface area contributed by atoms with Crippen molar-refractivity contribution in [1.82, 2.24) is 0 Å². The van der Waals surface area contributed by atoms with Gasteiger partial charge in [-0.1, -0.05) is 15.9 Å². The first-order valence-corrected chi connectivity index (χ1v) is 7.12. The van der Waals surface area contributed by atoms with Crippen LogP contribution in [0, 0.1) is 11.3 Å². The van der Waals surface area contributed by atoms with Crippen molar-refractivity contribution in [3.8, 4) is 6.07 Å². The molecule has 1 N–H and O–H groups in total. The third kappa shape index (κ3) is 2.85. The van der Waals surface area contributed by atoms with E-state index in [0.717, 1.165) is 48.0 Å². The zero-order valence-electron chi connectivity index (χ0n) is 10.3. The molecule has 1 aromatic rings. The van der Waals surface area contributed by atoms with Gasteiger partial charge in [-0.05, 0) is 43.9 Å². The fourth-order valence-electron chi connectivity index (χ4n) is 2.63. The van der Waals surface area contributed by atoms with Gasteiger partial charge in [0.15, 0.2) is 0 Å². The third-order valence-electron chi connectivity index (χ3n) is 3.46. The van der Waals surface area contributed by atoms with Gasteiger partial charge in [0.05, 0.1) is 11.3 Å². The molecular formula is C14H17BrN2O. The Hall–Kier alpha value is -1.05. The fraction of sp³-hybridized carbons (Fsp3) is 0.500. The molecule has 3 nitrogen and oxygen atoms in total. The number of aliphatic hydroxyl groups excluding tert-OH is 1. The number of anilines is 1. The Morgan fingerprint density at radius 2 is 2.33 bits per heavy atom. The summed E-state index contributed by atoms with van der Waals surface area (Å²) in [5.41, 5.74) is 1.75. The predicted molar refractivity (Wildman–Crippen MR) is 75.5 cm³/mol. The van der Waals surface area contributed by atoms with Crippen LogP contribution in [0.25, 0.3) is 0 Å². The third-order valence-corrected chi connectivity index (χ3v) is 3.95. The monoisotopic (exact) mass is 308 g/mol. The van der Waals surface area contributed by atoms with E-state index in [9.17, 15) is 5.26 Å². The van der Waals surface area contributed by atoms with E-state index in [1.165, 1.54) is 0 Å². The lowest BCUT2D eigenvalue weighted by Gasteiger charge is -2.27. The summed E-state index contributed by atoms with van der Waals surface area (Å²) in [5, 5.41) is 18.2. The summed E-state index contributed by atoms with van der Waals surface area (Å²) in [6, 6.07) is 8.60. The van der Waals surface area contributed by atoms with Gasteiger partial charge in [-0.15, -0.1) is 0 Å². The summed E-state index contributed by atoms with van der Waals surface area (Å²) in [6.07, 6.45) is 4.15. The Balaban J connectivity index is 2.22. The molecular weight excluding hydrogens is 292 g/mol. The van der Waals surface area contributed by atoms with E-state index in [1.54, 1.807) is 0 Å². The number of aliphatic hydroxyl groups is 1. The quantitative estimate of drug-likeness (QED) is 0.930. The summed E-state index contributed by atoms with van der Waals surface area (Å²) in [4.78, 5) is 2.32. The number of nitrogens with zero attached hydrogens (tertiary/aromatic N) is 2. The second-order valence-electron chi connectivity index (χ2n) is 4.63.